The lowest BCUT2D eigenvalue weighted by Crippen LogP contribution is -2.47. The van der Waals surface area contributed by atoms with Gasteiger partial charge in [0.15, 0.2) is 0 Å². The number of anilines is 2. The zero-order chi connectivity index (χ0) is 24.1. The number of carbonyl (C=O) groups is 3. The summed E-state index contributed by atoms with van der Waals surface area (Å²) in [5, 5.41) is 8.66. The molecule has 0 heterocycles. The standard InChI is InChI=1S/C25H32ClN3O3/c1-7-21(30)27-18-12-13-19(26)20(14-18)28-24(32)22(15(2)3)29-23(31)16-8-10-17(11-9-16)25(4,5)6/h8-15,22H,7H2,1-6H3,(H,27,30)(H,28,32)(H,29,31). The lowest BCUT2D eigenvalue weighted by molar-refractivity contribution is -0.119. The van der Waals surface area contributed by atoms with E-state index in [0.29, 0.717) is 28.4 Å². The van der Waals surface area contributed by atoms with Crippen LogP contribution in [-0.2, 0) is 15.0 Å². The lowest BCUT2D eigenvalue weighted by Gasteiger charge is -2.23. The summed E-state index contributed by atoms with van der Waals surface area (Å²) < 4.78 is 0. The number of halogens is 1. The van der Waals surface area contributed by atoms with E-state index in [1.165, 1.54) is 0 Å². The van der Waals surface area contributed by atoms with Gasteiger partial charge in [-0.2, -0.15) is 0 Å². The van der Waals surface area contributed by atoms with Gasteiger partial charge in [0, 0.05) is 17.7 Å². The molecule has 0 aliphatic rings. The normalized spacial score (nSPS) is 12.2. The maximum atomic E-state index is 13.0. The van der Waals surface area contributed by atoms with Gasteiger partial charge in [0.2, 0.25) is 11.8 Å². The highest BCUT2D eigenvalue weighted by atomic mass is 35.5. The Bertz CT molecular complexity index is 979. The van der Waals surface area contributed by atoms with E-state index >= 15 is 0 Å². The van der Waals surface area contributed by atoms with Crippen molar-refractivity contribution in [2.45, 2.75) is 59.4 Å². The summed E-state index contributed by atoms with van der Waals surface area (Å²) in [6.07, 6.45) is 0.336. The summed E-state index contributed by atoms with van der Waals surface area (Å²) in [7, 11) is 0. The second-order valence-electron chi connectivity index (χ2n) is 9.11. The summed E-state index contributed by atoms with van der Waals surface area (Å²) in [6, 6.07) is 11.5. The minimum Gasteiger partial charge on any atom is -0.340 e. The number of amides is 3. The first kappa shape index (κ1) is 25.4. The molecule has 0 aromatic heterocycles. The predicted molar refractivity (Wildman–Crippen MR) is 130 cm³/mol. The minimum atomic E-state index is -0.769. The molecule has 2 aromatic carbocycles. The maximum Gasteiger partial charge on any atom is 0.251 e. The minimum absolute atomic E-state index is 0.0141. The quantitative estimate of drug-likeness (QED) is 0.521. The van der Waals surface area contributed by atoms with Gasteiger partial charge in [0.05, 0.1) is 10.7 Å². The molecule has 2 rings (SSSR count). The van der Waals surface area contributed by atoms with E-state index in [1.54, 1.807) is 37.3 Å². The molecule has 172 valence electrons. The third kappa shape index (κ3) is 6.82. The number of carbonyl (C=O) groups excluding carboxylic acids is 3. The zero-order valence-electron chi connectivity index (χ0n) is 19.5. The second kappa shape index (κ2) is 10.6. The molecule has 32 heavy (non-hydrogen) atoms. The van der Waals surface area contributed by atoms with Crippen molar-refractivity contribution >= 4 is 40.7 Å². The highest BCUT2D eigenvalue weighted by molar-refractivity contribution is 6.34. The van der Waals surface area contributed by atoms with Crippen LogP contribution in [0.4, 0.5) is 11.4 Å². The van der Waals surface area contributed by atoms with Crippen LogP contribution in [0.1, 0.15) is 63.9 Å². The van der Waals surface area contributed by atoms with Crippen LogP contribution in [0.3, 0.4) is 0 Å². The first-order chi connectivity index (χ1) is 14.9. The van der Waals surface area contributed by atoms with Crippen LogP contribution in [0, 0.1) is 5.92 Å². The number of hydrogen-bond acceptors (Lipinski definition) is 3. The number of rotatable bonds is 7. The van der Waals surface area contributed by atoms with Crippen LogP contribution in [0.15, 0.2) is 42.5 Å². The van der Waals surface area contributed by atoms with Crippen LogP contribution in [0.2, 0.25) is 5.02 Å². The number of benzene rings is 2. The van der Waals surface area contributed by atoms with Gasteiger partial charge in [-0.1, -0.05) is 65.3 Å². The van der Waals surface area contributed by atoms with Gasteiger partial charge < -0.3 is 16.0 Å². The number of hydrogen-bond donors (Lipinski definition) is 3. The van der Waals surface area contributed by atoms with E-state index in [2.05, 4.69) is 36.7 Å². The molecular weight excluding hydrogens is 426 g/mol. The van der Waals surface area contributed by atoms with Crippen molar-refractivity contribution in [3.63, 3.8) is 0 Å². The highest BCUT2D eigenvalue weighted by Gasteiger charge is 2.26. The summed E-state index contributed by atoms with van der Waals surface area (Å²) in [5.74, 6) is -1.01. The topological polar surface area (TPSA) is 87.3 Å². The van der Waals surface area contributed by atoms with Gasteiger partial charge in [-0.15, -0.1) is 0 Å². The van der Waals surface area contributed by atoms with Crippen molar-refractivity contribution in [3.05, 3.63) is 58.6 Å². The molecule has 6 nitrogen and oxygen atoms in total. The Morgan fingerprint density at radius 3 is 2.12 bits per heavy atom. The first-order valence-electron chi connectivity index (χ1n) is 10.7. The average molecular weight is 458 g/mol. The van der Waals surface area contributed by atoms with Crippen molar-refractivity contribution < 1.29 is 14.4 Å². The fraction of sp³-hybridized carbons (Fsp3) is 0.400. The summed E-state index contributed by atoms with van der Waals surface area (Å²) >= 11 is 6.23. The van der Waals surface area contributed by atoms with Crippen molar-refractivity contribution in [1.82, 2.24) is 5.32 Å². The molecule has 2 aromatic rings. The molecule has 0 saturated heterocycles. The van der Waals surface area contributed by atoms with Crippen LogP contribution in [0.5, 0.6) is 0 Å². The molecule has 3 N–H and O–H groups in total. The summed E-state index contributed by atoms with van der Waals surface area (Å²) in [5.41, 5.74) is 2.48. The molecule has 3 amide bonds. The molecule has 1 unspecified atom stereocenters. The fourth-order valence-electron chi connectivity index (χ4n) is 3.04. The molecular formula is C25H32ClN3O3. The van der Waals surface area contributed by atoms with Gasteiger partial charge in [0.25, 0.3) is 5.91 Å². The van der Waals surface area contributed by atoms with E-state index in [4.69, 9.17) is 11.6 Å². The SMILES string of the molecule is CCC(=O)Nc1ccc(Cl)c(NC(=O)C(NC(=O)c2ccc(C(C)(C)C)cc2)C(C)C)c1. The Labute approximate surface area is 195 Å². The molecule has 7 heteroatoms. The maximum absolute atomic E-state index is 13.0. The Balaban J connectivity index is 2.15. The van der Waals surface area contributed by atoms with Gasteiger partial charge in [-0.05, 0) is 47.2 Å². The summed E-state index contributed by atoms with van der Waals surface area (Å²) in [4.78, 5) is 37.4. The Kier molecular flexibility index (Phi) is 8.44. The van der Waals surface area contributed by atoms with E-state index in [0.717, 1.165) is 5.56 Å². The summed E-state index contributed by atoms with van der Waals surface area (Å²) in [6.45, 7) is 11.8. The molecule has 1 atom stereocenters. The Morgan fingerprint density at radius 2 is 1.59 bits per heavy atom. The molecule has 0 radical (unpaired) electrons. The van der Waals surface area contributed by atoms with Gasteiger partial charge in [-0.25, -0.2) is 0 Å². The Hall–Kier alpha value is -2.86. The van der Waals surface area contributed by atoms with Crippen LogP contribution >= 0.6 is 11.6 Å². The molecule has 0 fully saturated rings. The van der Waals surface area contributed by atoms with Gasteiger partial charge >= 0.3 is 0 Å². The fourth-order valence-corrected chi connectivity index (χ4v) is 3.20. The first-order valence-corrected chi connectivity index (χ1v) is 11.1. The lowest BCUT2D eigenvalue weighted by atomic mass is 9.86. The molecule has 0 saturated carbocycles. The second-order valence-corrected chi connectivity index (χ2v) is 9.52. The zero-order valence-corrected chi connectivity index (χ0v) is 20.3. The van der Waals surface area contributed by atoms with E-state index in [-0.39, 0.29) is 29.1 Å². The monoisotopic (exact) mass is 457 g/mol. The van der Waals surface area contributed by atoms with Gasteiger partial charge in [0.1, 0.15) is 6.04 Å². The predicted octanol–water partition coefficient (Wildman–Crippen LogP) is 5.38. The van der Waals surface area contributed by atoms with E-state index in [9.17, 15) is 14.4 Å². The third-order valence-electron chi connectivity index (χ3n) is 5.08. The third-order valence-corrected chi connectivity index (χ3v) is 5.41. The van der Waals surface area contributed by atoms with Crippen LogP contribution in [0.25, 0.3) is 0 Å². The van der Waals surface area contributed by atoms with Crippen molar-refractivity contribution in [1.29, 1.82) is 0 Å². The van der Waals surface area contributed by atoms with E-state index in [1.807, 2.05) is 26.0 Å². The highest BCUT2D eigenvalue weighted by Crippen LogP contribution is 2.26. The average Bonchev–Trinajstić information content (AvgIpc) is 2.73. The number of nitrogens with one attached hydrogen (secondary N) is 3. The van der Waals surface area contributed by atoms with Crippen molar-refractivity contribution in [3.8, 4) is 0 Å². The van der Waals surface area contributed by atoms with Gasteiger partial charge in [-0.3, -0.25) is 14.4 Å². The molecule has 0 bridgehead atoms. The van der Waals surface area contributed by atoms with Crippen LogP contribution in [-0.4, -0.2) is 23.8 Å². The van der Waals surface area contributed by atoms with E-state index < -0.39 is 6.04 Å². The van der Waals surface area contributed by atoms with Crippen molar-refractivity contribution in [2.24, 2.45) is 5.92 Å². The van der Waals surface area contributed by atoms with Crippen LogP contribution < -0.4 is 16.0 Å². The molecule has 0 aliphatic heterocycles. The smallest absolute Gasteiger partial charge is 0.251 e. The largest absolute Gasteiger partial charge is 0.340 e. The Morgan fingerprint density at radius 1 is 0.969 bits per heavy atom. The molecule has 0 aliphatic carbocycles. The molecule has 0 spiro atoms. The van der Waals surface area contributed by atoms with Crippen molar-refractivity contribution in [2.75, 3.05) is 10.6 Å².